The molecule has 0 aliphatic heterocycles. The van der Waals surface area contributed by atoms with E-state index < -0.39 is 6.04 Å². The van der Waals surface area contributed by atoms with Crippen LogP contribution in [-0.4, -0.2) is 30.5 Å². The lowest BCUT2D eigenvalue weighted by molar-refractivity contribution is 0.0892. The van der Waals surface area contributed by atoms with Gasteiger partial charge in [-0.25, -0.2) is 0 Å². The van der Waals surface area contributed by atoms with Crippen molar-refractivity contribution in [3.63, 3.8) is 0 Å². The third-order valence-electron chi connectivity index (χ3n) is 1.63. The highest BCUT2D eigenvalue weighted by Gasteiger charge is 2.14. The molecular weight excluding hydrogens is 168 g/mol. The average molecular weight is 180 g/mol. The summed E-state index contributed by atoms with van der Waals surface area (Å²) in [5.74, 6) is -0.144. The maximum atomic E-state index is 11.5. The molecule has 0 bridgehead atoms. The van der Waals surface area contributed by atoms with Gasteiger partial charge in [0.05, 0.1) is 12.6 Å². The molecule has 4 nitrogen and oxygen atoms in total. The Bertz CT molecular complexity index is 274. The van der Waals surface area contributed by atoms with Crippen LogP contribution in [0.15, 0.2) is 24.5 Å². The number of nitrogens with two attached hydrogens (primary N) is 1. The minimum Gasteiger partial charge on any atom is -0.383 e. The van der Waals surface area contributed by atoms with Gasteiger partial charge in [0.2, 0.25) is 0 Å². The number of rotatable bonds is 4. The first-order valence-corrected chi connectivity index (χ1v) is 3.94. The molecule has 0 radical (unpaired) electrons. The summed E-state index contributed by atoms with van der Waals surface area (Å²) in [4.78, 5) is 15.3. The first-order valence-electron chi connectivity index (χ1n) is 3.94. The summed E-state index contributed by atoms with van der Waals surface area (Å²) in [7, 11) is 1.51. The lowest BCUT2D eigenvalue weighted by Gasteiger charge is -2.08. The normalized spacial score (nSPS) is 12.5. The number of ketones is 1. The van der Waals surface area contributed by atoms with E-state index in [1.54, 1.807) is 18.3 Å². The van der Waals surface area contributed by atoms with Gasteiger partial charge in [0.25, 0.3) is 0 Å². The molecule has 1 unspecified atom stereocenters. The number of Topliss-reactive ketones (excluding diaryl/α,β-unsaturated/α-hetero) is 1. The number of pyridine rings is 1. The molecule has 1 heterocycles. The number of carbonyl (C=O) groups is 1. The van der Waals surface area contributed by atoms with Crippen molar-refractivity contribution in [1.82, 2.24) is 4.98 Å². The molecule has 4 heteroatoms. The second-order valence-corrected chi connectivity index (χ2v) is 2.67. The van der Waals surface area contributed by atoms with Crippen molar-refractivity contribution in [2.24, 2.45) is 5.73 Å². The maximum absolute atomic E-state index is 11.5. The number of hydrogen-bond donors (Lipinski definition) is 1. The minimum absolute atomic E-state index is 0.144. The maximum Gasteiger partial charge on any atom is 0.183 e. The topological polar surface area (TPSA) is 65.2 Å². The van der Waals surface area contributed by atoms with E-state index >= 15 is 0 Å². The second-order valence-electron chi connectivity index (χ2n) is 2.67. The summed E-state index contributed by atoms with van der Waals surface area (Å²) in [6, 6.07) is 2.78. The van der Waals surface area contributed by atoms with E-state index in [1.165, 1.54) is 13.3 Å². The Balaban J connectivity index is 2.68. The van der Waals surface area contributed by atoms with E-state index in [0.717, 1.165) is 0 Å². The van der Waals surface area contributed by atoms with Crippen molar-refractivity contribution >= 4 is 5.78 Å². The lowest BCUT2D eigenvalue weighted by Crippen LogP contribution is -2.34. The van der Waals surface area contributed by atoms with Gasteiger partial charge in [0, 0.05) is 25.1 Å². The van der Waals surface area contributed by atoms with Crippen LogP contribution in [0.5, 0.6) is 0 Å². The third kappa shape index (κ3) is 2.61. The van der Waals surface area contributed by atoms with E-state index in [2.05, 4.69) is 4.98 Å². The Kier molecular flexibility index (Phi) is 3.54. The van der Waals surface area contributed by atoms with E-state index in [-0.39, 0.29) is 12.4 Å². The number of ether oxygens (including phenoxy) is 1. The molecule has 2 N–H and O–H groups in total. The fraction of sp³-hybridized carbons (Fsp3) is 0.333. The van der Waals surface area contributed by atoms with Gasteiger partial charge in [-0.2, -0.15) is 0 Å². The van der Waals surface area contributed by atoms with Gasteiger partial charge in [-0.15, -0.1) is 0 Å². The standard InChI is InChI=1S/C9H12N2O2/c1-13-6-8(10)9(12)7-3-2-4-11-5-7/h2-5,8H,6,10H2,1H3. The van der Waals surface area contributed by atoms with Crippen LogP contribution in [0.2, 0.25) is 0 Å². The lowest BCUT2D eigenvalue weighted by atomic mass is 10.1. The van der Waals surface area contributed by atoms with Gasteiger partial charge in [-0.3, -0.25) is 9.78 Å². The van der Waals surface area contributed by atoms with Crippen molar-refractivity contribution < 1.29 is 9.53 Å². The van der Waals surface area contributed by atoms with E-state index in [9.17, 15) is 4.79 Å². The predicted octanol–water partition coefficient (Wildman–Crippen LogP) is 0.238. The minimum atomic E-state index is -0.603. The molecule has 0 spiro atoms. The highest BCUT2D eigenvalue weighted by molar-refractivity contribution is 5.99. The zero-order valence-electron chi connectivity index (χ0n) is 7.43. The molecule has 1 rings (SSSR count). The second kappa shape index (κ2) is 4.69. The molecule has 1 aromatic rings. The molecule has 0 aliphatic rings. The van der Waals surface area contributed by atoms with Crippen LogP contribution in [0.4, 0.5) is 0 Å². The molecular formula is C9H12N2O2. The highest BCUT2D eigenvalue weighted by atomic mass is 16.5. The van der Waals surface area contributed by atoms with Crippen LogP contribution in [0.1, 0.15) is 10.4 Å². The van der Waals surface area contributed by atoms with Gasteiger partial charge in [0.1, 0.15) is 0 Å². The SMILES string of the molecule is COCC(N)C(=O)c1cccnc1. The van der Waals surface area contributed by atoms with Crippen molar-refractivity contribution in [1.29, 1.82) is 0 Å². The average Bonchev–Trinajstić information content (AvgIpc) is 2.18. The van der Waals surface area contributed by atoms with Crippen LogP contribution in [0.25, 0.3) is 0 Å². The van der Waals surface area contributed by atoms with Crippen LogP contribution >= 0.6 is 0 Å². The first kappa shape index (κ1) is 9.83. The van der Waals surface area contributed by atoms with Gasteiger partial charge in [-0.1, -0.05) is 0 Å². The van der Waals surface area contributed by atoms with Crippen molar-refractivity contribution in [3.05, 3.63) is 30.1 Å². The molecule has 0 saturated carbocycles. The zero-order valence-corrected chi connectivity index (χ0v) is 7.43. The summed E-state index contributed by atoms with van der Waals surface area (Å²) in [6.45, 7) is 0.230. The van der Waals surface area contributed by atoms with Crippen LogP contribution in [0, 0.1) is 0 Å². The number of hydrogen-bond acceptors (Lipinski definition) is 4. The van der Waals surface area contributed by atoms with Crippen LogP contribution in [-0.2, 0) is 4.74 Å². The van der Waals surface area contributed by atoms with Crippen molar-refractivity contribution in [2.75, 3.05) is 13.7 Å². The van der Waals surface area contributed by atoms with Gasteiger partial charge < -0.3 is 10.5 Å². The summed E-state index contributed by atoms with van der Waals surface area (Å²) in [6.07, 6.45) is 3.11. The third-order valence-corrected chi connectivity index (χ3v) is 1.63. The smallest absolute Gasteiger partial charge is 0.183 e. The molecule has 1 aromatic heterocycles. The molecule has 13 heavy (non-hydrogen) atoms. The summed E-state index contributed by atoms with van der Waals surface area (Å²) < 4.78 is 4.78. The van der Waals surface area contributed by atoms with E-state index in [1.807, 2.05) is 0 Å². The van der Waals surface area contributed by atoms with Crippen LogP contribution < -0.4 is 5.73 Å². The Morgan fingerprint density at radius 1 is 1.77 bits per heavy atom. The monoisotopic (exact) mass is 180 g/mol. The predicted molar refractivity (Wildman–Crippen MR) is 48.4 cm³/mol. The van der Waals surface area contributed by atoms with Gasteiger partial charge in [0.15, 0.2) is 5.78 Å². The number of aromatic nitrogens is 1. The highest BCUT2D eigenvalue weighted by Crippen LogP contribution is 2.00. The number of carbonyl (C=O) groups excluding carboxylic acids is 1. The summed E-state index contributed by atoms with van der Waals surface area (Å²) in [5.41, 5.74) is 6.08. The summed E-state index contributed by atoms with van der Waals surface area (Å²) >= 11 is 0. The molecule has 0 fully saturated rings. The van der Waals surface area contributed by atoms with Crippen LogP contribution in [0.3, 0.4) is 0 Å². The number of methoxy groups -OCH3 is 1. The van der Waals surface area contributed by atoms with Crippen molar-refractivity contribution in [2.45, 2.75) is 6.04 Å². The fourth-order valence-electron chi connectivity index (χ4n) is 0.978. The number of nitrogens with zero attached hydrogens (tertiary/aromatic N) is 1. The Labute approximate surface area is 76.7 Å². The van der Waals surface area contributed by atoms with Crippen molar-refractivity contribution in [3.8, 4) is 0 Å². The zero-order chi connectivity index (χ0) is 9.68. The molecule has 0 aliphatic carbocycles. The molecule has 0 saturated heterocycles. The largest absolute Gasteiger partial charge is 0.383 e. The molecule has 1 atom stereocenters. The first-order chi connectivity index (χ1) is 6.25. The Hall–Kier alpha value is -1.26. The Morgan fingerprint density at radius 3 is 3.08 bits per heavy atom. The summed E-state index contributed by atoms with van der Waals surface area (Å²) in [5, 5.41) is 0. The quantitative estimate of drug-likeness (QED) is 0.674. The molecule has 0 amide bonds. The molecule has 0 aromatic carbocycles. The van der Waals surface area contributed by atoms with Gasteiger partial charge in [-0.05, 0) is 12.1 Å². The Morgan fingerprint density at radius 2 is 2.54 bits per heavy atom. The van der Waals surface area contributed by atoms with Gasteiger partial charge >= 0.3 is 0 Å². The van der Waals surface area contributed by atoms with E-state index in [0.29, 0.717) is 5.56 Å². The van der Waals surface area contributed by atoms with E-state index in [4.69, 9.17) is 10.5 Å². The molecule has 70 valence electrons. The fourth-order valence-corrected chi connectivity index (χ4v) is 0.978.